The zero-order valence-electron chi connectivity index (χ0n) is 17.1. The third-order valence-corrected chi connectivity index (χ3v) is 6.67. The molecule has 2 heterocycles. The number of piperidine rings is 1. The molecule has 28 heavy (non-hydrogen) atoms. The number of ether oxygens (including phenoxy) is 1. The summed E-state index contributed by atoms with van der Waals surface area (Å²) < 4.78 is 5.93. The molecule has 0 amide bonds. The first-order valence-corrected chi connectivity index (χ1v) is 10.6. The first-order valence-electron chi connectivity index (χ1n) is 10.6. The molecule has 4 rings (SSSR count). The molecular weight excluding hydrogens is 348 g/mol. The monoisotopic (exact) mass is 380 g/mol. The standard InChI is InChI=1S/C24H32N2O2/c1-17-6-3-4-8-20(17)21-11-13-26(16-23(21)28-2)15-18-9-10-19-7-5-12-25-24(19)22(27)14-18/h3-8,12,18,21-23,27H,9-11,13-16H2,1-2H3/t18-,21+,22+,23-/m1/s1. The van der Waals surface area contributed by atoms with Gasteiger partial charge in [-0.05, 0) is 67.8 Å². The van der Waals surface area contributed by atoms with Crippen molar-refractivity contribution in [1.29, 1.82) is 0 Å². The summed E-state index contributed by atoms with van der Waals surface area (Å²) in [5.41, 5.74) is 4.89. The maximum absolute atomic E-state index is 10.7. The Morgan fingerprint density at radius 1 is 1.18 bits per heavy atom. The Balaban J connectivity index is 1.40. The van der Waals surface area contributed by atoms with E-state index in [9.17, 15) is 5.11 Å². The number of hydrogen-bond donors (Lipinski definition) is 1. The van der Waals surface area contributed by atoms with Gasteiger partial charge in [0.25, 0.3) is 0 Å². The number of nitrogens with zero attached hydrogens (tertiary/aromatic N) is 2. The van der Waals surface area contributed by atoms with Gasteiger partial charge in [-0.1, -0.05) is 30.3 Å². The Kier molecular flexibility index (Phi) is 6.10. The van der Waals surface area contributed by atoms with E-state index in [-0.39, 0.29) is 6.10 Å². The van der Waals surface area contributed by atoms with Crippen LogP contribution in [0.25, 0.3) is 0 Å². The van der Waals surface area contributed by atoms with Crippen molar-refractivity contribution < 1.29 is 9.84 Å². The molecule has 0 radical (unpaired) electrons. The smallest absolute Gasteiger partial charge is 0.0965 e. The first-order chi connectivity index (χ1) is 13.7. The third kappa shape index (κ3) is 4.14. The molecule has 1 aromatic heterocycles. The fourth-order valence-electron chi connectivity index (χ4n) is 5.14. The number of fused-ring (bicyclic) bond motifs is 1. The lowest BCUT2D eigenvalue weighted by Crippen LogP contribution is -2.45. The lowest BCUT2D eigenvalue weighted by molar-refractivity contribution is 0.00610. The number of aliphatic hydroxyl groups is 1. The molecule has 4 atom stereocenters. The van der Waals surface area contributed by atoms with Crippen LogP contribution in [0, 0.1) is 12.8 Å². The summed E-state index contributed by atoms with van der Waals surface area (Å²) in [7, 11) is 1.84. The van der Waals surface area contributed by atoms with Gasteiger partial charge in [-0.2, -0.15) is 0 Å². The molecule has 1 aromatic carbocycles. The molecule has 0 unspecified atom stereocenters. The maximum atomic E-state index is 10.7. The van der Waals surface area contributed by atoms with Gasteiger partial charge in [-0.3, -0.25) is 4.98 Å². The highest BCUT2D eigenvalue weighted by molar-refractivity contribution is 5.30. The number of hydrogen-bond acceptors (Lipinski definition) is 4. The summed E-state index contributed by atoms with van der Waals surface area (Å²) >= 11 is 0. The number of benzene rings is 1. The average Bonchev–Trinajstić information content (AvgIpc) is 2.87. The van der Waals surface area contributed by atoms with Crippen molar-refractivity contribution in [2.75, 3.05) is 26.7 Å². The fraction of sp³-hybridized carbons (Fsp3) is 0.542. The molecule has 1 N–H and O–H groups in total. The van der Waals surface area contributed by atoms with Gasteiger partial charge in [0, 0.05) is 32.3 Å². The average molecular weight is 381 g/mol. The molecule has 2 aromatic rings. The maximum Gasteiger partial charge on any atom is 0.0965 e. The van der Waals surface area contributed by atoms with E-state index in [4.69, 9.17) is 4.74 Å². The molecule has 1 aliphatic carbocycles. The zero-order chi connectivity index (χ0) is 19.5. The van der Waals surface area contributed by atoms with E-state index in [1.165, 1.54) is 16.7 Å². The quantitative estimate of drug-likeness (QED) is 0.818. The van der Waals surface area contributed by atoms with Crippen LogP contribution in [0.5, 0.6) is 0 Å². The van der Waals surface area contributed by atoms with Crippen LogP contribution in [0.2, 0.25) is 0 Å². The number of pyridine rings is 1. The molecular formula is C24H32N2O2. The van der Waals surface area contributed by atoms with Crippen molar-refractivity contribution in [1.82, 2.24) is 9.88 Å². The van der Waals surface area contributed by atoms with Crippen molar-refractivity contribution in [2.24, 2.45) is 5.92 Å². The van der Waals surface area contributed by atoms with Gasteiger partial charge < -0.3 is 14.7 Å². The third-order valence-electron chi connectivity index (χ3n) is 6.67. The minimum Gasteiger partial charge on any atom is -0.387 e. The number of likely N-dealkylation sites (tertiary alicyclic amines) is 1. The van der Waals surface area contributed by atoms with Crippen molar-refractivity contribution in [3.63, 3.8) is 0 Å². The van der Waals surface area contributed by atoms with Crippen molar-refractivity contribution in [3.05, 3.63) is 65.0 Å². The first kappa shape index (κ1) is 19.6. The number of aliphatic hydroxyl groups excluding tert-OH is 1. The van der Waals surface area contributed by atoms with E-state index < -0.39 is 6.10 Å². The summed E-state index contributed by atoms with van der Waals surface area (Å²) in [5, 5.41) is 10.7. The van der Waals surface area contributed by atoms with Crippen LogP contribution >= 0.6 is 0 Å². The van der Waals surface area contributed by atoms with Crippen LogP contribution < -0.4 is 0 Å². The van der Waals surface area contributed by atoms with E-state index in [0.717, 1.165) is 51.0 Å². The van der Waals surface area contributed by atoms with Crippen LogP contribution in [0.4, 0.5) is 0 Å². The highest BCUT2D eigenvalue weighted by Crippen LogP contribution is 2.35. The summed E-state index contributed by atoms with van der Waals surface area (Å²) in [6.07, 6.45) is 5.64. The molecule has 0 bridgehead atoms. The van der Waals surface area contributed by atoms with Crippen molar-refractivity contribution in [2.45, 2.75) is 50.7 Å². The van der Waals surface area contributed by atoms with Gasteiger partial charge in [0.1, 0.15) is 0 Å². The number of methoxy groups -OCH3 is 1. The Bertz CT molecular complexity index is 794. The minimum atomic E-state index is -0.438. The Labute approximate surface area is 168 Å². The number of aromatic nitrogens is 1. The van der Waals surface area contributed by atoms with Gasteiger partial charge in [0.05, 0.1) is 17.9 Å². The minimum absolute atomic E-state index is 0.226. The van der Waals surface area contributed by atoms with Crippen molar-refractivity contribution in [3.8, 4) is 0 Å². The van der Waals surface area contributed by atoms with Gasteiger partial charge in [0.15, 0.2) is 0 Å². The molecule has 0 spiro atoms. The van der Waals surface area contributed by atoms with Gasteiger partial charge in [-0.15, -0.1) is 0 Å². The van der Waals surface area contributed by atoms with Crippen molar-refractivity contribution >= 4 is 0 Å². The summed E-state index contributed by atoms with van der Waals surface area (Å²) in [5.74, 6) is 0.965. The van der Waals surface area contributed by atoms with E-state index in [1.54, 1.807) is 6.20 Å². The molecule has 0 saturated carbocycles. The second-order valence-corrected chi connectivity index (χ2v) is 8.49. The molecule has 4 nitrogen and oxygen atoms in total. The van der Waals surface area contributed by atoms with Crippen LogP contribution in [0.15, 0.2) is 42.6 Å². The molecule has 1 aliphatic heterocycles. The second-order valence-electron chi connectivity index (χ2n) is 8.49. The van der Waals surface area contributed by atoms with Crippen LogP contribution in [0.3, 0.4) is 0 Å². The van der Waals surface area contributed by atoms with E-state index >= 15 is 0 Å². The normalized spacial score (nSPS) is 28.5. The predicted molar refractivity (Wildman–Crippen MR) is 111 cm³/mol. The fourth-order valence-corrected chi connectivity index (χ4v) is 5.14. The molecule has 2 aliphatic rings. The number of rotatable bonds is 4. The Morgan fingerprint density at radius 2 is 2.04 bits per heavy atom. The van der Waals surface area contributed by atoms with Gasteiger partial charge >= 0.3 is 0 Å². The molecule has 1 fully saturated rings. The lowest BCUT2D eigenvalue weighted by atomic mass is 9.84. The van der Waals surface area contributed by atoms with E-state index in [0.29, 0.717) is 11.8 Å². The topological polar surface area (TPSA) is 45.6 Å². The lowest BCUT2D eigenvalue weighted by Gasteiger charge is -2.40. The molecule has 1 saturated heterocycles. The number of aryl methyl sites for hydroxylation is 2. The highest BCUT2D eigenvalue weighted by Gasteiger charge is 2.33. The SMILES string of the molecule is CO[C@@H]1CN(C[C@@H]2CCc3cccnc3[C@@H](O)C2)CC[C@H]1c1ccccc1C. The summed E-state index contributed by atoms with van der Waals surface area (Å²) in [6.45, 7) is 5.29. The molecule has 4 heteroatoms. The van der Waals surface area contributed by atoms with Gasteiger partial charge in [0.2, 0.25) is 0 Å². The summed E-state index contributed by atoms with van der Waals surface area (Å²) in [4.78, 5) is 6.98. The zero-order valence-corrected chi connectivity index (χ0v) is 17.1. The van der Waals surface area contributed by atoms with Crippen LogP contribution in [-0.4, -0.2) is 47.8 Å². The summed E-state index contributed by atoms with van der Waals surface area (Å²) in [6, 6.07) is 12.8. The van der Waals surface area contributed by atoms with Crippen LogP contribution in [-0.2, 0) is 11.2 Å². The molecule has 150 valence electrons. The van der Waals surface area contributed by atoms with E-state index in [1.807, 2.05) is 13.2 Å². The second kappa shape index (κ2) is 8.73. The van der Waals surface area contributed by atoms with Crippen LogP contribution in [0.1, 0.15) is 53.7 Å². The Morgan fingerprint density at radius 3 is 2.86 bits per heavy atom. The predicted octanol–water partition coefficient (Wildman–Crippen LogP) is 3.88. The largest absolute Gasteiger partial charge is 0.387 e. The van der Waals surface area contributed by atoms with E-state index in [2.05, 4.69) is 47.1 Å². The highest BCUT2D eigenvalue weighted by atomic mass is 16.5. The van der Waals surface area contributed by atoms with Gasteiger partial charge in [-0.25, -0.2) is 0 Å². The Hall–Kier alpha value is -1.75.